The maximum Gasteiger partial charge on any atom is 0.143 e. The maximum absolute atomic E-state index is 10.3. The van der Waals surface area contributed by atoms with E-state index in [1.54, 1.807) is 6.08 Å². The third kappa shape index (κ3) is 3.19. The minimum absolute atomic E-state index is 0.299. The van der Waals surface area contributed by atoms with Crippen LogP contribution in [0.3, 0.4) is 0 Å². The van der Waals surface area contributed by atoms with E-state index < -0.39 is 0 Å². The summed E-state index contributed by atoms with van der Waals surface area (Å²) in [6.07, 6.45) is 10.3. The van der Waals surface area contributed by atoms with Gasteiger partial charge in [0.2, 0.25) is 0 Å². The molecule has 16 heavy (non-hydrogen) atoms. The summed E-state index contributed by atoms with van der Waals surface area (Å²) in [5.74, 6) is 0.441. The summed E-state index contributed by atoms with van der Waals surface area (Å²) in [5, 5.41) is 0. The van der Waals surface area contributed by atoms with Crippen LogP contribution in [0.25, 0.3) is 0 Å². The van der Waals surface area contributed by atoms with E-state index in [1.165, 1.54) is 18.4 Å². The number of carbonyl (C=O) groups is 1. The molecular formula is C15H22O. The van der Waals surface area contributed by atoms with Gasteiger partial charge in [-0.2, -0.15) is 0 Å². The number of hydrogen-bond donors (Lipinski definition) is 0. The molecule has 0 aromatic heterocycles. The SMILES string of the molecule is C=C1CCCC(C)(C)[C@H]1/C=C/C(C)=C/C=O. The molecule has 1 heteroatoms. The lowest BCUT2D eigenvalue weighted by molar-refractivity contribution is -0.104. The minimum Gasteiger partial charge on any atom is -0.299 e. The average molecular weight is 218 g/mol. The van der Waals surface area contributed by atoms with Gasteiger partial charge in [0.25, 0.3) is 0 Å². The second-order valence-corrected chi connectivity index (χ2v) is 5.38. The van der Waals surface area contributed by atoms with Gasteiger partial charge < -0.3 is 0 Å². The van der Waals surface area contributed by atoms with Crippen molar-refractivity contribution in [3.8, 4) is 0 Å². The predicted octanol–water partition coefficient (Wildman–Crippen LogP) is 4.07. The Kier molecular flexibility index (Phi) is 4.28. The Morgan fingerprint density at radius 2 is 2.19 bits per heavy atom. The Morgan fingerprint density at radius 1 is 1.50 bits per heavy atom. The van der Waals surface area contributed by atoms with Gasteiger partial charge in [-0.3, -0.25) is 4.79 Å². The van der Waals surface area contributed by atoms with Crippen molar-refractivity contribution in [2.75, 3.05) is 0 Å². The van der Waals surface area contributed by atoms with Crippen molar-refractivity contribution in [2.45, 2.75) is 40.0 Å². The van der Waals surface area contributed by atoms with E-state index in [2.05, 4.69) is 26.5 Å². The Bertz CT molecular complexity index is 331. The fourth-order valence-electron chi connectivity index (χ4n) is 2.44. The van der Waals surface area contributed by atoms with Crippen LogP contribution in [0, 0.1) is 11.3 Å². The molecule has 1 aliphatic rings. The summed E-state index contributed by atoms with van der Waals surface area (Å²) >= 11 is 0. The summed E-state index contributed by atoms with van der Waals surface area (Å²) in [6.45, 7) is 10.7. The molecule has 0 unspecified atom stereocenters. The molecule has 0 aliphatic heterocycles. The molecule has 1 saturated carbocycles. The fraction of sp³-hybridized carbons (Fsp3) is 0.533. The summed E-state index contributed by atoms with van der Waals surface area (Å²) in [6, 6.07) is 0. The van der Waals surface area contributed by atoms with E-state index in [-0.39, 0.29) is 0 Å². The van der Waals surface area contributed by atoms with Crippen molar-refractivity contribution in [1.29, 1.82) is 0 Å². The normalized spacial score (nSPS) is 26.1. The molecule has 0 radical (unpaired) electrons. The van der Waals surface area contributed by atoms with Gasteiger partial charge in [0.05, 0.1) is 0 Å². The number of rotatable bonds is 3. The van der Waals surface area contributed by atoms with Gasteiger partial charge >= 0.3 is 0 Å². The molecule has 1 atom stereocenters. The molecular weight excluding hydrogens is 196 g/mol. The van der Waals surface area contributed by atoms with Gasteiger partial charge in [-0.25, -0.2) is 0 Å². The zero-order valence-electron chi connectivity index (χ0n) is 10.6. The Balaban J connectivity index is 2.80. The van der Waals surface area contributed by atoms with Gasteiger partial charge in [-0.05, 0) is 43.3 Å². The highest BCUT2D eigenvalue weighted by Crippen LogP contribution is 2.43. The smallest absolute Gasteiger partial charge is 0.143 e. The fourth-order valence-corrected chi connectivity index (χ4v) is 2.44. The van der Waals surface area contributed by atoms with Crippen LogP contribution < -0.4 is 0 Å². The first-order valence-corrected chi connectivity index (χ1v) is 5.95. The summed E-state index contributed by atoms with van der Waals surface area (Å²) < 4.78 is 0. The van der Waals surface area contributed by atoms with Gasteiger partial charge in [0.15, 0.2) is 0 Å². The molecule has 1 rings (SSSR count). The van der Waals surface area contributed by atoms with Crippen molar-refractivity contribution in [3.63, 3.8) is 0 Å². The van der Waals surface area contributed by atoms with Crippen molar-refractivity contribution >= 4 is 6.29 Å². The van der Waals surface area contributed by atoms with E-state index in [1.807, 2.05) is 13.0 Å². The Labute approximate surface area is 98.9 Å². The average Bonchev–Trinajstić information content (AvgIpc) is 2.16. The molecule has 1 nitrogen and oxygen atoms in total. The molecule has 0 spiro atoms. The molecule has 0 bridgehead atoms. The Morgan fingerprint density at radius 3 is 2.75 bits per heavy atom. The topological polar surface area (TPSA) is 17.1 Å². The Hall–Kier alpha value is -1.11. The van der Waals surface area contributed by atoms with Gasteiger partial charge in [0, 0.05) is 5.92 Å². The molecule has 88 valence electrons. The zero-order chi connectivity index (χ0) is 12.2. The van der Waals surface area contributed by atoms with E-state index >= 15 is 0 Å². The summed E-state index contributed by atoms with van der Waals surface area (Å²) in [5.41, 5.74) is 2.63. The van der Waals surface area contributed by atoms with E-state index in [4.69, 9.17) is 0 Å². The van der Waals surface area contributed by atoms with Crippen molar-refractivity contribution in [2.24, 2.45) is 11.3 Å². The predicted molar refractivity (Wildman–Crippen MR) is 69.2 cm³/mol. The third-order valence-electron chi connectivity index (χ3n) is 3.48. The molecule has 0 heterocycles. The lowest BCUT2D eigenvalue weighted by Gasteiger charge is -2.38. The van der Waals surface area contributed by atoms with E-state index in [0.29, 0.717) is 11.3 Å². The quantitative estimate of drug-likeness (QED) is 0.302. The second kappa shape index (κ2) is 5.29. The van der Waals surface area contributed by atoms with Gasteiger partial charge in [-0.15, -0.1) is 0 Å². The molecule has 0 amide bonds. The van der Waals surface area contributed by atoms with E-state index in [9.17, 15) is 4.79 Å². The molecule has 0 aromatic rings. The maximum atomic E-state index is 10.3. The highest BCUT2D eigenvalue weighted by molar-refractivity contribution is 5.66. The summed E-state index contributed by atoms with van der Waals surface area (Å²) in [7, 11) is 0. The molecule has 1 aliphatic carbocycles. The van der Waals surface area contributed by atoms with Crippen LogP contribution in [-0.2, 0) is 4.79 Å². The number of carbonyl (C=O) groups excluding carboxylic acids is 1. The summed E-state index contributed by atoms with van der Waals surface area (Å²) in [4.78, 5) is 10.3. The number of hydrogen-bond acceptors (Lipinski definition) is 1. The number of aldehydes is 1. The molecule has 0 aromatic carbocycles. The van der Waals surface area contributed by atoms with Crippen molar-refractivity contribution in [1.82, 2.24) is 0 Å². The van der Waals surface area contributed by atoms with Gasteiger partial charge in [-0.1, -0.05) is 38.2 Å². The van der Waals surface area contributed by atoms with Crippen LogP contribution in [-0.4, -0.2) is 6.29 Å². The second-order valence-electron chi connectivity index (χ2n) is 5.38. The van der Waals surface area contributed by atoms with Crippen LogP contribution in [0.1, 0.15) is 40.0 Å². The highest BCUT2D eigenvalue weighted by Gasteiger charge is 2.32. The van der Waals surface area contributed by atoms with E-state index in [0.717, 1.165) is 18.3 Å². The first kappa shape index (κ1) is 13.0. The lowest BCUT2D eigenvalue weighted by Crippen LogP contribution is -2.27. The van der Waals surface area contributed by atoms with Gasteiger partial charge in [0.1, 0.15) is 6.29 Å². The highest BCUT2D eigenvalue weighted by atomic mass is 16.1. The van der Waals surface area contributed by atoms with Crippen LogP contribution in [0.15, 0.2) is 36.0 Å². The monoisotopic (exact) mass is 218 g/mol. The molecule has 0 N–H and O–H groups in total. The zero-order valence-corrected chi connectivity index (χ0v) is 10.6. The molecule has 1 fully saturated rings. The lowest BCUT2D eigenvalue weighted by atomic mass is 9.66. The first-order chi connectivity index (χ1) is 7.47. The third-order valence-corrected chi connectivity index (χ3v) is 3.48. The van der Waals surface area contributed by atoms with Crippen LogP contribution in [0.4, 0.5) is 0 Å². The first-order valence-electron chi connectivity index (χ1n) is 5.95. The standard InChI is InChI=1S/C15H22O/c1-12(9-11-16)7-8-14-13(2)6-5-10-15(14,3)4/h7-9,11,14H,2,5-6,10H2,1,3-4H3/b8-7+,12-9+/t14-/m0/s1. The largest absolute Gasteiger partial charge is 0.299 e. The molecule has 0 saturated heterocycles. The minimum atomic E-state index is 0.299. The van der Waals surface area contributed by atoms with Crippen molar-refractivity contribution < 1.29 is 4.79 Å². The van der Waals surface area contributed by atoms with Crippen LogP contribution in [0.5, 0.6) is 0 Å². The van der Waals surface area contributed by atoms with Crippen LogP contribution in [0.2, 0.25) is 0 Å². The van der Waals surface area contributed by atoms with Crippen LogP contribution >= 0.6 is 0 Å². The number of allylic oxidation sites excluding steroid dienone is 5. The van der Waals surface area contributed by atoms with Crippen molar-refractivity contribution in [3.05, 3.63) is 36.0 Å².